The molecule has 3 saturated heterocycles. The molecule has 0 radical (unpaired) electrons. The van der Waals surface area contributed by atoms with Crippen LogP contribution in [0.5, 0.6) is 0 Å². The van der Waals surface area contributed by atoms with Gasteiger partial charge in [0.2, 0.25) is 0 Å². The van der Waals surface area contributed by atoms with Crippen molar-refractivity contribution in [3.8, 4) is 0 Å². The SMILES string of the molecule is O=[PH](O)CP1(=O)OC1N1CCCN2CCNCCCN(CC2)CC1. The first-order valence-corrected chi connectivity index (χ1v) is 12.4. The maximum absolute atomic E-state index is 12.5. The first-order valence-electron chi connectivity index (χ1n) is 8.95. The monoisotopic (exact) mass is 380 g/mol. The predicted octanol–water partition coefficient (Wildman–Crippen LogP) is 0.306. The summed E-state index contributed by atoms with van der Waals surface area (Å²) < 4.78 is 28.9. The third-order valence-electron chi connectivity index (χ3n) is 5.02. The van der Waals surface area contributed by atoms with Crippen LogP contribution in [0.1, 0.15) is 12.8 Å². The molecule has 3 rings (SSSR count). The van der Waals surface area contributed by atoms with E-state index in [9.17, 15) is 9.13 Å². The summed E-state index contributed by atoms with van der Waals surface area (Å²) >= 11 is 0. The Hall–Kier alpha value is 0.220. The van der Waals surface area contributed by atoms with Crippen LogP contribution in [0.3, 0.4) is 0 Å². The van der Waals surface area contributed by atoms with E-state index >= 15 is 0 Å². The zero-order chi connectivity index (χ0) is 17.0. The number of nitrogens with zero attached hydrogens (tertiary/aromatic N) is 3. The van der Waals surface area contributed by atoms with Gasteiger partial charge in [0.1, 0.15) is 5.90 Å². The highest BCUT2D eigenvalue weighted by Gasteiger charge is 2.56. The number of fused-ring (bicyclic) bond motifs is 3. The van der Waals surface area contributed by atoms with Crippen molar-refractivity contribution in [2.45, 2.75) is 18.8 Å². The van der Waals surface area contributed by atoms with Gasteiger partial charge in [-0.3, -0.25) is 18.6 Å². The summed E-state index contributed by atoms with van der Waals surface area (Å²) in [6.07, 6.45) is 2.15. The molecule has 8 nitrogen and oxygen atoms in total. The summed E-state index contributed by atoms with van der Waals surface area (Å²) in [7, 11) is -5.64. The lowest BCUT2D eigenvalue weighted by molar-refractivity contribution is 0.114. The average Bonchev–Trinajstić information content (AvgIpc) is 3.20. The summed E-state index contributed by atoms with van der Waals surface area (Å²) in [5.41, 5.74) is 0. The fraction of sp³-hybridized carbons (Fsp3) is 1.00. The summed E-state index contributed by atoms with van der Waals surface area (Å²) in [6.45, 7) is 10.0. The highest BCUT2D eigenvalue weighted by Crippen LogP contribution is 2.73. The minimum absolute atomic E-state index is 0.166. The van der Waals surface area contributed by atoms with E-state index in [0.29, 0.717) is 0 Å². The van der Waals surface area contributed by atoms with E-state index in [1.165, 1.54) is 0 Å². The Morgan fingerprint density at radius 1 is 1.00 bits per heavy atom. The lowest BCUT2D eigenvalue weighted by Crippen LogP contribution is -2.46. The van der Waals surface area contributed by atoms with Crippen LogP contribution in [0, 0.1) is 0 Å². The molecule has 0 saturated carbocycles. The quantitative estimate of drug-likeness (QED) is 0.534. The Kier molecular flexibility index (Phi) is 6.92. The first kappa shape index (κ1) is 19.0. The van der Waals surface area contributed by atoms with Crippen molar-refractivity contribution in [2.24, 2.45) is 0 Å². The molecule has 10 heteroatoms. The van der Waals surface area contributed by atoms with Gasteiger partial charge in [-0.15, -0.1) is 0 Å². The number of hydrogen-bond acceptors (Lipinski definition) is 7. The third kappa shape index (κ3) is 5.36. The normalized spacial score (nSPS) is 40.8. The van der Waals surface area contributed by atoms with Gasteiger partial charge in [0.25, 0.3) is 7.37 Å². The third-order valence-corrected chi connectivity index (χ3v) is 9.32. The molecule has 3 fully saturated rings. The second-order valence-electron chi connectivity index (χ2n) is 6.89. The second kappa shape index (κ2) is 8.74. The van der Waals surface area contributed by atoms with E-state index in [2.05, 4.69) is 20.0 Å². The van der Waals surface area contributed by atoms with Crippen LogP contribution in [0.15, 0.2) is 0 Å². The molecule has 0 aromatic carbocycles. The fourth-order valence-corrected chi connectivity index (χ4v) is 7.47. The summed E-state index contributed by atoms with van der Waals surface area (Å²) in [4.78, 5) is 16.2. The molecule has 5 atom stereocenters. The van der Waals surface area contributed by atoms with Gasteiger partial charge in [-0.25, -0.2) is 0 Å². The zero-order valence-electron chi connectivity index (χ0n) is 14.2. The van der Waals surface area contributed by atoms with Crippen LogP contribution in [0.2, 0.25) is 0 Å². The molecule has 2 bridgehead atoms. The van der Waals surface area contributed by atoms with Gasteiger partial charge >= 0.3 is 0 Å². The Morgan fingerprint density at radius 2 is 1.71 bits per heavy atom. The van der Waals surface area contributed by atoms with Gasteiger partial charge < -0.3 is 20.0 Å². The Morgan fingerprint density at radius 3 is 2.50 bits per heavy atom. The molecule has 2 N–H and O–H groups in total. The van der Waals surface area contributed by atoms with E-state index in [4.69, 9.17) is 9.42 Å². The minimum atomic E-state index is -2.89. The molecule has 3 aliphatic rings. The Bertz CT molecular complexity index is 495. The summed E-state index contributed by atoms with van der Waals surface area (Å²) in [5, 5.41) is 3.50. The van der Waals surface area contributed by atoms with Crippen molar-refractivity contribution in [2.75, 3.05) is 71.4 Å². The number of hydrogen-bond donors (Lipinski definition) is 2. The van der Waals surface area contributed by atoms with Gasteiger partial charge in [0.05, 0.1) is 0 Å². The molecular formula is C14H30N4O4P2. The highest BCUT2D eigenvalue weighted by molar-refractivity contribution is 7.73. The molecule has 3 aliphatic heterocycles. The van der Waals surface area contributed by atoms with Crippen molar-refractivity contribution < 1.29 is 18.5 Å². The number of nitrogens with one attached hydrogen (secondary N) is 1. The van der Waals surface area contributed by atoms with Crippen LogP contribution < -0.4 is 5.32 Å². The molecule has 5 unspecified atom stereocenters. The zero-order valence-corrected chi connectivity index (χ0v) is 16.1. The van der Waals surface area contributed by atoms with Gasteiger partial charge in [0.15, 0.2) is 14.0 Å². The largest absolute Gasteiger partial charge is 0.346 e. The Labute approximate surface area is 144 Å². The molecule has 0 aromatic rings. The number of rotatable bonds is 3. The standard InChI is InChI=1S/C14H30N4O4P2/c19-23(20)13-24(21)14(22-24)18-7-2-6-16-8-4-15-3-1-5-17(10-9-16)11-12-18/h14-15,23H,1-13H2,(H,19,20). The Balaban J connectivity index is 1.61. The molecule has 140 valence electrons. The smallest absolute Gasteiger partial charge is 0.257 e. The first-order chi connectivity index (χ1) is 11.6. The van der Waals surface area contributed by atoms with Crippen molar-refractivity contribution in [1.82, 2.24) is 20.0 Å². The van der Waals surface area contributed by atoms with Crippen molar-refractivity contribution in [3.05, 3.63) is 0 Å². The molecule has 3 heterocycles. The second-order valence-corrected chi connectivity index (χ2v) is 11.0. The van der Waals surface area contributed by atoms with E-state index in [-0.39, 0.29) is 5.90 Å². The van der Waals surface area contributed by atoms with Crippen LogP contribution in [-0.4, -0.2) is 96.9 Å². The minimum Gasteiger partial charge on any atom is -0.346 e. The lowest BCUT2D eigenvalue weighted by Gasteiger charge is -2.33. The van der Waals surface area contributed by atoms with Crippen molar-refractivity contribution in [1.29, 1.82) is 0 Å². The van der Waals surface area contributed by atoms with Crippen LogP contribution >= 0.6 is 15.4 Å². The average molecular weight is 380 g/mol. The maximum Gasteiger partial charge on any atom is 0.257 e. The maximum atomic E-state index is 12.5. The molecule has 0 aliphatic carbocycles. The molecule has 0 aromatic heterocycles. The molecular weight excluding hydrogens is 350 g/mol. The van der Waals surface area contributed by atoms with Crippen LogP contribution in [-0.2, 0) is 13.7 Å². The molecule has 24 heavy (non-hydrogen) atoms. The van der Waals surface area contributed by atoms with Gasteiger partial charge in [-0.1, -0.05) is 0 Å². The van der Waals surface area contributed by atoms with E-state index in [1.807, 2.05) is 0 Å². The van der Waals surface area contributed by atoms with E-state index in [1.54, 1.807) is 0 Å². The summed E-state index contributed by atoms with van der Waals surface area (Å²) in [6, 6.07) is 0. The van der Waals surface area contributed by atoms with Crippen molar-refractivity contribution >= 4 is 15.4 Å². The predicted molar refractivity (Wildman–Crippen MR) is 95.1 cm³/mol. The van der Waals surface area contributed by atoms with Gasteiger partial charge in [0, 0.05) is 45.8 Å². The van der Waals surface area contributed by atoms with Gasteiger partial charge in [-0.05, 0) is 32.5 Å². The van der Waals surface area contributed by atoms with E-state index < -0.39 is 21.4 Å². The van der Waals surface area contributed by atoms with Crippen LogP contribution in [0.4, 0.5) is 0 Å². The lowest BCUT2D eigenvalue weighted by atomic mass is 10.2. The fourth-order valence-electron chi connectivity index (χ4n) is 3.60. The van der Waals surface area contributed by atoms with E-state index in [0.717, 1.165) is 78.3 Å². The van der Waals surface area contributed by atoms with Crippen molar-refractivity contribution in [3.63, 3.8) is 0 Å². The molecule has 0 amide bonds. The highest BCUT2D eigenvalue weighted by atomic mass is 31.2. The summed E-state index contributed by atoms with van der Waals surface area (Å²) in [5.74, 6) is -0.594. The van der Waals surface area contributed by atoms with Gasteiger partial charge in [-0.2, -0.15) is 0 Å². The van der Waals surface area contributed by atoms with Crippen LogP contribution in [0.25, 0.3) is 0 Å². The molecule has 0 spiro atoms. The topological polar surface area (TPSA) is 88.6 Å².